The third-order valence-electron chi connectivity index (χ3n) is 7.48. The van der Waals surface area contributed by atoms with Crippen molar-refractivity contribution in [3.05, 3.63) is 41.0 Å². The van der Waals surface area contributed by atoms with Crippen LogP contribution in [-0.4, -0.2) is 59.9 Å². The molecule has 1 aliphatic heterocycles. The summed E-state index contributed by atoms with van der Waals surface area (Å²) in [6, 6.07) is 8.10. The number of amides is 2. The molecule has 3 rings (SSSR count). The summed E-state index contributed by atoms with van der Waals surface area (Å²) >= 11 is 1.70. The molecular weight excluding hydrogens is 536 g/mol. The number of aromatic nitrogens is 1. The van der Waals surface area contributed by atoms with E-state index in [-0.39, 0.29) is 17.9 Å². The lowest BCUT2D eigenvalue weighted by atomic mass is 9.85. The standard InChI is InChI=1S/C19H32N2O4.C13H16N2S/c1-19(2,3)17(18(25)21-12-9-10-15(21)14-23)20-16(24)11-7-5-4-6-8-13-22;1-9(14-3)11-4-6-12(7-5-11)13-10(2)15-8-16-13/h13-15,17H,4-12H2,1-3H3,(H,20,24);4-9,14H,1-3H3. The van der Waals surface area contributed by atoms with Crippen molar-refractivity contribution >= 4 is 35.7 Å². The van der Waals surface area contributed by atoms with Crippen LogP contribution in [-0.2, 0) is 19.2 Å². The summed E-state index contributed by atoms with van der Waals surface area (Å²) in [7, 11) is 1.98. The summed E-state index contributed by atoms with van der Waals surface area (Å²) in [5.41, 5.74) is 5.15. The van der Waals surface area contributed by atoms with Gasteiger partial charge in [-0.15, -0.1) is 11.3 Å². The number of thiazole rings is 1. The van der Waals surface area contributed by atoms with Crippen molar-refractivity contribution in [1.29, 1.82) is 0 Å². The van der Waals surface area contributed by atoms with E-state index in [0.717, 1.165) is 50.4 Å². The Balaban J connectivity index is 0.000000314. The maximum atomic E-state index is 12.9. The van der Waals surface area contributed by atoms with Gasteiger partial charge in [0, 0.05) is 25.4 Å². The zero-order chi connectivity index (χ0) is 30.4. The number of likely N-dealkylation sites (tertiary alicyclic amines) is 1. The fourth-order valence-corrected chi connectivity index (χ4v) is 5.60. The predicted octanol–water partition coefficient (Wildman–Crippen LogP) is 5.65. The van der Waals surface area contributed by atoms with Gasteiger partial charge in [0.15, 0.2) is 0 Å². The van der Waals surface area contributed by atoms with Crippen LogP contribution in [0.3, 0.4) is 0 Å². The molecular formula is C32H48N4O4S. The highest BCUT2D eigenvalue weighted by molar-refractivity contribution is 7.13. The molecule has 3 unspecified atom stereocenters. The summed E-state index contributed by atoms with van der Waals surface area (Å²) in [5.74, 6) is -0.299. The molecule has 1 aliphatic rings. The highest BCUT2D eigenvalue weighted by Crippen LogP contribution is 2.28. The lowest BCUT2D eigenvalue weighted by Gasteiger charge is -2.34. The van der Waals surface area contributed by atoms with E-state index in [0.29, 0.717) is 31.8 Å². The molecule has 2 N–H and O–H groups in total. The second-order valence-corrected chi connectivity index (χ2v) is 12.6. The summed E-state index contributed by atoms with van der Waals surface area (Å²) in [6.45, 7) is 10.5. The predicted molar refractivity (Wildman–Crippen MR) is 166 cm³/mol. The van der Waals surface area contributed by atoms with Crippen molar-refractivity contribution in [2.45, 2.75) is 104 Å². The van der Waals surface area contributed by atoms with E-state index in [2.05, 4.69) is 53.7 Å². The highest BCUT2D eigenvalue weighted by Gasteiger charge is 2.39. The van der Waals surface area contributed by atoms with Crippen LogP contribution in [0.15, 0.2) is 29.8 Å². The van der Waals surface area contributed by atoms with E-state index in [1.54, 1.807) is 16.2 Å². The summed E-state index contributed by atoms with van der Waals surface area (Å²) < 4.78 is 0. The summed E-state index contributed by atoms with van der Waals surface area (Å²) in [5, 5.41) is 6.12. The molecule has 226 valence electrons. The van der Waals surface area contributed by atoms with Gasteiger partial charge >= 0.3 is 0 Å². The van der Waals surface area contributed by atoms with Crippen molar-refractivity contribution < 1.29 is 19.2 Å². The van der Waals surface area contributed by atoms with Gasteiger partial charge in [-0.25, -0.2) is 4.98 Å². The molecule has 1 saturated heterocycles. The first-order valence-electron chi connectivity index (χ1n) is 14.7. The van der Waals surface area contributed by atoms with Crippen LogP contribution in [0.4, 0.5) is 0 Å². The molecule has 2 aromatic rings. The average molecular weight is 585 g/mol. The number of rotatable bonds is 13. The minimum absolute atomic E-state index is 0.134. The fourth-order valence-electron chi connectivity index (χ4n) is 4.79. The number of aryl methyl sites for hydroxylation is 1. The highest BCUT2D eigenvalue weighted by atomic mass is 32.1. The maximum absolute atomic E-state index is 12.9. The van der Waals surface area contributed by atoms with Gasteiger partial charge in [-0.05, 0) is 63.1 Å². The Kier molecular flexibility index (Phi) is 14.3. The first-order valence-corrected chi connectivity index (χ1v) is 15.6. The van der Waals surface area contributed by atoms with E-state index in [1.807, 2.05) is 33.3 Å². The monoisotopic (exact) mass is 584 g/mol. The summed E-state index contributed by atoms with van der Waals surface area (Å²) in [4.78, 5) is 53.7. The second-order valence-electron chi connectivity index (χ2n) is 11.8. The molecule has 0 aliphatic carbocycles. The molecule has 2 heterocycles. The smallest absolute Gasteiger partial charge is 0.246 e. The van der Waals surface area contributed by atoms with Gasteiger partial charge in [-0.1, -0.05) is 57.9 Å². The first-order chi connectivity index (χ1) is 19.5. The molecule has 0 spiro atoms. The zero-order valence-electron chi connectivity index (χ0n) is 25.6. The Bertz CT molecular complexity index is 1110. The van der Waals surface area contributed by atoms with Gasteiger partial charge in [0.2, 0.25) is 11.8 Å². The topological polar surface area (TPSA) is 108 Å². The molecule has 3 atom stereocenters. The number of unbranched alkanes of at least 4 members (excludes halogenated alkanes) is 4. The molecule has 1 aromatic carbocycles. The normalized spacial score (nSPS) is 16.3. The Morgan fingerprint density at radius 2 is 1.80 bits per heavy atom. The number of hydrogen-bond acceptors (Lipinski definition) is 7. The van der Waals surface area contributed by atoms with Crippen molar-refractivity contribution in [2.24, 2.45) is 5.41 Å². The number of hydrogen-bond donors (Lipinski definition) is 2. The van der Waals surface area contributed by atoms with Crippen molar-refractivity contribution in [3.63, 3.8) is 0 Å². The quantitative estimate of drug-likeness (QED) is 0.233. The maximum Gasteiger partial charge on any atom is 0.246 e. The van der Waals surface area contributed by atoms with Crippen LogP contribution in [0.25, 0.3) is 10.4 Å². The van der Waals surface area contributed by atoms with E-state index in [1.165, 1.54) is 16.0 Å². The van der Waals surface area contributed by atoms with Crippen LogP contribution in [0.2, 0.25) is 0 Å². The largest absolute Gasteiger partial charge is 0.344 e. The van der Waals surface area contributed by atoms with Gasteiger partial charge in [-0.2, -0.15) is 0 Å². The molecule has 0 radical (unpaired) electrons. The SMILES string of the molecule is CC(C)(C)C(NC(=O)CCCCCCC=O)C(=O)N1CCCC1C=O.CNC(C)c1ccc(-c2scnc2C)cc1. The molecule has 1 aromatic heterocycles. The van der Waals surface area contributed by atoms with E-state index >= 15 is 0 Å². The number of benzene rings is 1. The van der Waals surface area contributed by atoms with Gasteiger partial charge < -0.3 is 25.1 Å². The van der Waals surface area contributed by atoms with Gasteiger partial charge in [0.25, 0.3) is 0 Å². The Labute approximate surface area is 249 Å². The van der Waals surface area contributed by atoms with E-state index in [9.17, 15) is 19.2 Å². The van der Waals surface area contributed by atoms with Gasteiger partial charge in [-0.3, -0.25) is 9.59 Å². The average Bonchev–Trinajstić information content (AvgIpc) is 3.61. The van der Waals surface area contributed by atoms with Crippen LogP contribution in [0.5, 0.6) is 0 Å². The van der Waals surface area contributed by atoms with Crippen LogP contribution < -0.4 is 10.6 Å². The molecule has 8 nitrogen and oxygen atoms in total. The minimum Gasteiger partial charge on any atom is -0.344 e. The number of carbonyl (C=O) groups is 4. The van der Waals surface area contributed by atoms with Crippen LogP contribution >= 0.6 is 11.3 Å². The third kappa shape index (κ3) is 10.8. The third-order valence-corrected chi connectivity index (χ3v) is 8.46. The van der Waals surface area contributed by atoms with Gasteiger partial charge in [0.1, 0.15) is 18.6 Å². The first kappa shape index (κ1) is 34.3. The second kappa shape index (κ2) is 17.1. The fraction of sp³-hybridized carbons (Fsp3) is 0.594. The minimum atomic E-state index is -0.629. The Morgan fingerprint density at radius 3 is 2.37 bits per heavy atom. The molecule has 0 bridgehead atoms. The van der Waals surface area contributed by atoms with Crippen molar-refractivity contribution in [2.75, 3.05) is 13.6 Å². The number of nitrogens with zero attached hydrogens (tertiary/aromatic N) is 2. The molecule has 2 amide bonds. The zero-order valence-corrected chi connectivity index (χ0v) is 26.4. The lowest BCUT2D eigenvalue weighted by molar-refractivity contribution is -0.141. The Morgan fingerprint density at radius 1 is 1.12 bits per heavy atom. The number of aldehydes is 2. The van der Waals surface area contributed by atoms with E-state index < -0.39 is 11.5 Å². The summed E-state index contributed by atoms with van der Waals surface area (Å²) in [6.07, 6.45) is 7.63. The van der Waals surface area contributed by atoms with Gasteiger partial charge in [0.05, 0.1) is 22.1 Å². The molecule has 41 heavy (non-hydrogen) atoms. The number of nitrogens with one attached hydrogen (secondary N) is 2. The molecule has 9 heteroatoms. The van der Waals surface area contributed by atoms with Crippen LogP contribution in [0, 0.1) is 12.3 Å². The van der Waals surface area contributed by atoms with Crippen molar-refractivity contribution in [1.82, 2.24) is 20.5 Å². The van der Waals surface area contributed by atoms with E-state index in [4.69, 9.17) is 0 Å². The number of carbonyl (C=O) groups excluding carboxylic acids is 4. The Hall–Kier alpha value is -2.91. The molecule has 1 fully saturated rings. The molecule has 0 saturated carbocycles. The van der Waals surface area contributed by atoms with Crippen molar-refractivity contribution in [3.8, 4) is 10.4 Å². The lowest BCUT2D eigenvalue weighted by Crippen LogP contribution is -2.55. The van der Waals surface area contributed by atoms with Crippen LogP contribution in [0.1, 0.15) is 96.4 Å².